The molecule has 0 saturated heterocycles. The van der Waals surface area contributed by atoms with E-state index in [9.17, 15) is 0 Å². The number of rotatable bonds is 4. The average molecular weight is 294 g/mol. The van der Waals surface area contributed by atoms with Crippen LogP contribution in [0.1, 0.15) is 24.2 Å². The highest BCUT2D eigenvalue weighted by atomic mass is 79.9. The molecule has 1 aromatic carbocycles. The lowest BCUT2D eigenvalue weighted by atomic mass is 10.1. The van der Waals surface area contributed by atoms with Crippen LogP contribution in [0.2, 0.25) is 0 Å². The molecule has 0 spiro atoms. The molecule has 1 heterocycles. The van der Waals surface area contributed by atoms with Gasteiger partial charge in [-0.25, -0.2) is 4.98 Å². The van der Waals surface area contributed by atoms with E-state index in [2.05, 4.69) is 51.4 Å². The molecule has 1 N–H and O–H groups in total. The number of benzene rings is 1. The summed E-state index contributed by atoms with van der Waals surface area (Å²) in [4.78, 5) is 4.10. The van der Waals surface area contributed by atoms with Gasteiger partial charge in [-0.1, -0.05) is 34.1 Å². The zero-order valence-corrected chi connectivity index (χ0v) is 11.6. The lowest BCUT2D eigenvalue weighted by Gasteiger charge is -2.15. The van der Waals surface area contributed by atoms with Gasteiger partial charge in [-0.3, -0.25) is 0 Å². The minimum Gasteiger partial charge on any atom is -0.337 e. The van der Waals surface area contributed by atoms with E-state index < -0.39 is 0 Å². The first-order valence-corrected chi connectivity index (χ1v) is 6.41. The molecule has 1 aromatic heterocycles. The molecule has 0 aliphatic rings. The maximum atomic E-state index is 4.10. The molecule has 1 atom stereocenters. The molecule has 0 unspecified atom stereocenters. The summed E-state index contributed by atoms with van der Waals surface area (Å²) in [6.45, 7) is 2.98. The van der Waals surface area contributed by atoms with Crippen LogP contribution in [0.15, 0.2) is 41.3 Å². The van der Waals surface area contributed by atoms with Gasteiger partial charge in [0.1, 0.15) is 0 Å². The van der Waals surface area contributed by atoms with Gasteiger partial charge in [0.25, 0.3) is 0 Å². The summed E-state index contributed by atoms with van der Waals surface area (Å²) in [5.41, 5.74) is 2.46. The number of hydrogen-bond acceptors (Lipinski definition) is 2. The summed E-state index contributed by atoms with van der Waals surface area (Å²) in [7, 11) is 2.01. The van der Waals surface area contributed by atoms with Crippen LogP contribution in [0.3, 0.4) is 0 Å². The third kappa shape index (κ3) is 2.96. The minimum absolute atomic E-state index is 0.306. The fourth-order valence-electron chi connectivity index (χ4n) is 1.75. The van der Waals surface area contributed by atoms with Gasteiger partial charge in [0.2, 0.25) is 0 Å². The predicted molar refractivity (Wildman–Crippen MR) is 72.6 cm³/mol. The Hall–Kier alpha value is -1.13. The van der Waals surface area contributed by atoms with Gasteiger partial charge in [0, 0.05) is 30.3 Å². The summed E-state index contributed by atoms with van der Waals surface area (Å²) < 4.78 is 3.17. The Morgan fingerprint density at radius 1 is 1.41 bits per heavy atom. The van der Waals surface area contributed by atoms with Gasteiger partial charge in [-0.2, -0.15) is 0 Å². The Morgan fingerprint density at radius 2 is 2.18 bits per heavy atom. The number of imidazole rings is 1. The molecule has 0 bridgehead atoms. The quantitative estimate of drug-likeness (QED) is 0.939. The van der Waals surface area contributed by atoms with Crippen molar-refractivity contribution in [1.82, 2.24) is 14.9 Å². The first-order chi connectivity index (χ1) is 8.18. The Labute approximate surface area is 110 Å². The Kier molecular flexibility index (Phi) is 3.97. The molecule has 3 nitrogen and oxygen atoms in total. The van der Waals surface area contributed by atoms with Crippen molar-refractivity contribution in [3.05, 3.63) is 52.5 Å². The smallest absolute Gasteiger partial charge is 0.0945 e. The van der Waals surface area contributed by atoms with Crippen LogP contribution in [-0.4, -0.2) is 9.55 Å². The summed E-state index contributed by atoms with van der Waals surface area (Å²) in [6.07, 6.45) is 3.71. The predicted octanol–water partition coefficient (Wildman–Crippen LogP) is 3.03. The van der Waals surface area contributed by atoms with Crippen molar-refractivity contribution in [1.29, 1.82) is 0 Å². The summed E-state index contributed by atoms with van der Waals surface area (Å²) in [5, 5.41) is 3.49. The average Bonchev–Trinajstić information content (AvgIpc) is 2.72. The van der Waals surface area contributed by atoms with Crippen molar-refractivity contribution in [3.63, 3.8) is 0 Å². The first-order valence-electron chi connectivity index (χ1n) is 5.61. The van der Waals surface area contributed by atoms with Gasteiger partial charge in [-0.05, 0) is 18.6 Å². The molecule has 90 valence electrons. The summed E-state index contributed by atoms with van der Waals surface area (Å²) >= 11 is 3.57. The molecule has 0 saturated carbocycles. The van der Waals surface area contributed by atoms with E-state index in [1.165, 1.54) is 11.3 Å². The highest BCUT2D eigenvalue weighted by Crippen LogP contribution is 2.22. The van der Waals surface area contributed by atoms with Gasteiger partial charge in [-0.15, -0.1) is 0 Å². The summed E-state index contributed by atoms with van der Waals surface area (Å²) in [5.74, 6) is 0. The molecule has 0 fully saturated rings. The Bertz CT molecular complexity index is 493. The molecule has 2 rings (SSSR count). The second kappa shape index (κ2) is 5.47. The fourth-order valence-corrected chi connectivity index (χ4v) is 2.38. The molecule has 0 amide bonds. The van der Waals surface area contributed by atoms with E-state index in [4.69, 9.17) is 0 Å². The number of aryl methyl sites for hydroxylation is 1. The first kappa shape index (κ1) is 12.3. The third-order valence-corrected chi connectivity index (χ3v) is 3.60. The van der Waals surface area contributed by atoms with Crippen LogP contribution in [0.4, 0.5) is 0 Å². The molecular formula is C13H16BrN3. The number of nitrogens with one attached hydrogen (secondary N) is 1. The van der Waals surface area contributed by atoms with Crippen LogP contribution >= 0.6 is 15.9 Å². The minimum atomic E-state index is 0.306. The monoisotopic (exact) mass is 293 g/mol. The molecule has 0 aliphatic carbocycles. The fraction of sp³-hybridized carbons (Fsp3) is 0.308. The largest absolute Gasteiger partial charge is 0.337 e. The Balaban J connectivity index is 2.01. The van der Waals surface area contributed by atoms with E-state index in [0.717, 1.165) is 11.0 Å². The van der Waals surface area contributed by atoms with E-state index in [1.807, 2.05) is 30.2 Å². The van der Waals surface area contributed by atoms with Crippen LogP contribution in [0, 0.1) is 0 Å². The molecule has 2 aromatic rings. The molecular weight excluding hydrogens is 278 g/mol. The maximum Gasteiger partial charge on any atom is 0.0945 e. The van der Waals surface area contributed by atoms with Gasteiger partial charge >= 0.3 is 0 Å². The Morgan fingerprint density at radius 3 is 2.82 bits per heavy atom. The van der Waals surface area contributed by atoms with Gasteiger partial charge < -0.3 is 9.88 Å². The highest BCUT2D eigenvalue weighted by Gasteiger charge is 2.08. The van der Waals surface area contributed by atoms with Crippen LogP contribution < -0.4 is 5.32 Å². The van der Waals surface area contributed by atoms with Crippen LogP contribution in [0.25, 0.3) is 0 Å². The number of halogens is 1. The van der Waals surface area contributed by atoms with E-state index in [0.29, 0.717) is 6.04 Å². The molecule has 0 radical (unpaired) electrons. The van der Waals surface area contributed by atoms with Crippen molar-refractivity contribution < 1.29 is 0 Å². The molecule has 17 heavy (non-hydrogen) atoms. The zero-order valence-electron chi connectivity index (χ0n) is 10.0. The normalized spacial score (nSPS) is 12.6. The van der Waals surface area contributed by atoms with Crippen molar-refractivity contribution in [2.24, 2.45) is 7.05 Å². The second-order valence-corrected chi connectivity index (χ2v) is 4.97. The number of aromatic nitrogens is 2. The highest BCUT2D eigenvalue weighted by molar-refractivity contribution is 9.10. The summed E-state index contributed by atoms with van der Waals surface area (Å²) in [6, 6.07) is 8.59. The molecule has 4 heteroatoms. The van der Waals surface area contributed by atoms with Crippen molar-refractivity contribution in [2.75, 3.05) is 0 Å². The van der Waals surface area contributed by atoms with Gasteiger partial charge in [0.15, 0.2) is 0 Å². The second-order valence-electron chi connectivity index (χ2n) is 4.12. The maximum absolute atomic E-state index is 4.10. The molecule has 0 aliphatic heterocycles. The van der Waals surface area contributed by atoms with Gasteiger partial charge in [0.05, 0.1) is 12.0 Å². The zero-order chi connectivity index (χ0) is 12.3. The van der Waals surface area contributed by atoms with E-state index in [1.54, 1.807) is 0 Å². The van der Waals surface area contributed by atoms with E-state index in [-0.39, 0.29) is 0 Å². The van der Waals surface area contributed by atoms with Crippen LogP contribution in [-0.2, 0) is 13.6 Å². The lowest BCUT2D eigenvalue weighted by Crippen LogP contribution is -2.19. The topological polar surface area (TPSA) is 29.9 Å². The number of nitrogens with zero attached hydrogens (tertiary/aromatic N) is 2. The SMILES string of the molecule is C[C@H](NCc1cncn1C)c1ccccc1Br. The van der Waals surface area contributed by atoms with Crippen molar-refractivity contribution in [2.45, 2.75) is 19.5 Å². The lowest BCUT2D eigenvalue weighted by molar-refractivity contribution is 0.556. The van der Waals surface area contributed by atoms with Crippen LogP contribution in [0.5, 0.6) is 0 Å². The number of hydrogen-bond donors (Lipinski definition) is 1. The standard InChI is InChI=1S/C13H16BrN3/c1-10(12-5-3-4-6-13(12)14)16-8-11-7-15-9-17(11)2/h3-7,9-10,16H,8H2,1-2H3/t10-/m0/s1. The van der Waals surface area contributed by atoms with E-state index >= 15 is 0 Å². The third-order valence-electron chi connectivity index (χ3n) is 2.88. The van der Waals surface area contributed by atoms with Crippen molar-refractivity contribution in [3.8, 4) is 0 Å². The van der Waals surface area contributed by atoms with Crippen molar-refractivity contribution >= 4 is 15.9 Å².